The molecule has 0 saturated carbocycles. The van der Waals surface area contributed by atoms with Crippen LogP contribution in [-0.2, 0) is 35.6 Å². The molecule has 0 saturated heterocycles. The molecule has 0 spiro atoms. The lowest BCUT2D eigenvalue weighted by atomic mass is 10.0. The lowest BCUT2D eigenvalue weighted by molar-refractivity contribution is -0.175. The molecule has 4 aromatic rings. The second-order valence-corrected chi connectivity index (χ2v) is 14.3. The first kappa shape index (κ1) is 37.0. The van der Waals surface area contributed by atoms with Crippen LogP contribution in [0.5, 0.6) is 11.8 Å². The number of amides is 1. The zero-order chi connectivity index (χ0) is 36.1. The van der Waals surface area contributed by atoms with E-state index in [1.165, 1.54) is 0 Å². The molecule has 2 unspecified atom stereocenters. The Labute approximate surface area is 278 Å². The summed E-state index contributed by atoms with van der Waals surface area (Å²) in [6.45, 7) is 5.98. The molecule has 4 rings (SSSR count). The van der Waals surface area contributed by atoms with Crippen molar-refractivity contribution in [2.24, 2.45) is 5.92 Å². The number of halogens is 4. The molecule has 0 fully saturated rings. The maximum atomic E-state index is 15.2. The van der Waals surface area contributed by atoms with Gasteiger partial charge in [-0.3, -0.25) is 4.79 Å². The number of carbonyl (C=O) groups excluding carboxylic acids is 2. The number of nitrogens with one attached hydrogen (secondary N) is 2. The minimum Gasteiger partial charge on any atom is -0.440 e. The molecule has 0 radical (unpaired) electrons. The van der Waals surface area contributed by atoms with Gasteiger partial charge in [0.15, 0.2) is 30.0 Å². The predicted molar refractivity (Wildman–Crippen MR) is 169 cm³/mol. The van der Waals surface area contributed by atoms with Crippen molar-refractivity contribution in [3.05, 3.63) is 59.7 Å². The smallest absolute Gasteiger partial charge is 0.337 e. The van der Waals surface area contributed by atoms with E-state index in [2.05, 4.69) is 25.7 Å². The van der Waals surface area contributed by atoms with Crippen molar-refractivity contribution in [2.75, 3.05) is 30.4 Å². The molecule has 1 amide bonds. The second-order valence-electron chi connectivity index (χ2n) is 12.0. The number of anilines is 1. The van der Waals surface area contributed by atoms with Crippen LogP contribution in [0.1, 0.15) is 27.7 Å². The number of aromatic nitrogens is 4. The zero-order valence-electron chi connectivity index (χ0n) is 27.1. The van der Waals surface area contributed by atoms with Crippen LogP contribution in [0.15, 0.2) is 36.4 Å². The summed E-state index contributed by atoms with van der Waals surface area (Å²) < 4.78 is 99.3. The van der Waals surface area contributed by atoms with Gasteiger partial charge in [-0.15, -0.1) is 0 Å². The third-order valence-electron chi connectivity index (χ3n) is 6.70. The fraction of sp³-hybridized carbons (Fsp3) is 0.387. The summed E-state index contributed by atoms with van der Waals surface area (Å²) in [5.41, 5.74) is -1.56. The third kappa shape index (κ3) is 9.85. The second kappa shape index (κ2) is 15.1. The van der Waals surface area contributed by atoms with Gasteiger partial charge in [0.2, 0.25) is 6.41 Å². The Kier molecular flexibility index (Phi) is 11.4. The van der Waals surface area contributed by atoms with Gasteiger partial charge in [0, 0.05) is 36.9 Å². The Morgan fingerprint density at radius 3 is 2.39 bits per heavy atom. The van der Waals surface area contributed by atoms with Gasteiger partial charge in [-0.25, -0.2) is 35.5 Å². The van der Waals surface area contributed by atoms with Gasteiger partial charge in [-0.1, -0.05) is 6.92 Å². The van der Waals surface area contributed by atoms with E-state index < -0.39 is 75.2 Å². The zero-order valence-corrected chi connectivity index (χ0v) is 27.9. The van der Waals surface area contributed by atoms with Crippen LogP contribution >= 0.6 is 0 Å². The molecule has 18 heteroatoms. The van der Waals surface area contributed by atoms with E-state index in [1.54, 1.807) is 27.7 Å². The first-order valence-electron chi connectivity index (χ1n) is 14.8. The number of rotatable bonds is 15. The maximum Gasteiger partial charge on any atom is 0.337 e. The Morgan fingerprint density at radius 2 is 1.73 bits per heavy atom. The van der Waals surface area contributed by atoms with E-state index in [0.717, 1.165) is 41.3 Å². The molecular formula is C31H34F4N6O7S. The van der Waals surface area contributed by atoms with Crippen LogP contribution < -0.4 is 15.4 Å². The number of esters is 1. The van der Waals surface area contributed by atoms with Crippen molar-refractivity contribution in [1.82, 2.24) is 25.1 Å². The maximum absolute atomic E-state index is 15.2. The van der Waals surface area contributed by atoms with Gasteiger partial charge in [-0.05, 0) is 51.1 Å². The largest absolute Gasteiger partial charge is 0.440 e. The van der Waals surface area contributed by atoms with Gasteiger partial charge >= 0.3 is 12.0 Å². The lowest BCUT2D eigenvalue weighted by Gasteiger charge is -2.29. The molecular weight excluding hydrogens is 676 g/mol. The number of ether oxygens (including phenoxy) is 3. The van der Waals surface area contributed by atoms with E-state index in [-0.39, 0.29) is 47.0 Å². The van der Waals surface area contributed by atoms with Crippen molar-refractivity contribution < 1.29 is 49.8 Å². The normalized spacial score (nSPS) is 13.2. The van der Waals surface area contributed by atoms with Crippen LogP contribution in [0.2, 0.25) is 0 Å². The molecule has 0 aliphatic carbocycles. The van der Waals surface area contributed by atoms with Gasteiger partial charge in [0.05, 0.1) is 16.7 Å². The molecule has 49 heavy (non-hydrogen) atoms. The van der Waals surface area contributed by atoms with Crippen molar-refractivity contribution in [3.63, 3.8) is 0 Å². The predicted octanol–water partition coefficient (Wildman–Crippen LogP) is 4.37. The van der Waals surface area contributed by atoms with E-state index in [1.807, 2.05) is 0 Å². The summed E-state index contributed by atoms with van der Waals surface area (Å²) in [7, 11) is -3.48. The van der Waals surface area contributed by atoms with Crippen LogP contribution in [0.3, 0.4) is 0 Å². The molecule has 2 N–H and O–H groups in total. The Hall–Kier alpha value is -4.84. The average molecular weight is 711 g/mol. The highest BCUT2D eigenvalue weighted by atomic mass is 32.2. The number of hydrogen-bond acceptors (Lipinski definition) is 11. The highest BCUT2D eigenvalue weighted by molar-refractivity contribution is 7.90. The van der Waals surface area contributed by atoms with Crippen molar-refractivity contribution in [3.8, 4) is 23.0 Å². The van der Waals surface area contributed by atoms with Gasteiger partial charge in [0.25, 0.3) is 0 Å². The Bertz CT molecular complexity index is 1950. The molecule has 0 bridgehead atoms. The quantitative estimate of drug-likeness (QED) is 0.102. The number of nitrogens with zero attached hydrogens (tertiary/aromatic N) is 4. The van der Waals surface area contributed by atoms with Gasteiger partial charge in [-0.2, -0.15) is 15.1 Å². The molecule has 13 nitrogen and oxygen atoms in total. The minimum atomic E-state index is -3.48. The Morgan fingerprint density at radius 1 is 1.04 bits per heavy atom. The summed E-state index contributed by atoms with van der Waals surface area (Å²) >= 11 is 0. The highest BCUT2D eigenvalue weighted by Crippen LogP contribution is 2.36. The van der Waals surface area contributed by atoms with Gasteiger partial charge < -0.3 is 24.8 Å². The first-order valence-corrected chi connectivity index (χ1v) is 16.8. The Balaban J connectivity index is 1.85. The number of carbonyl (C=O) groups is 2. The fourth-order valence-corrected chi connectivity index (χ4v) is 4.99. The van der Waals surface area contributed by atoms with Crippen LogP contribution in [0.4, 0.5) is 23.4 Å². The number of sulfone groups is 1. The molecule has 0 aliphatic rings. The fourth-order valence-electron chi connectivity index (χ4n) is 4.52. The molecule has 0 aliphatic heterocycles. The van der Waals surface area contributed by atoms with Crippen LogP contribution in [0.25, 0.3) is 22.3 Å². The molecule has 2 heterocycles. The van der Waals surface area contributed by atoms with Gasteiger partial charge in [0.1, 0.15) is 38.8 Å². The SMILES string of the molecule is CC(CNC=O)C(OC(C)(C)C)C(=O)OCn1nc(-c2cc(F)ccc2F)c2c(NCCS(C)(=O)=O)nc(Oc3ccc(F)cc3F)nc21. The van der Waals surface area contributed by atoms with E-state index in [0.29, 0.717) is 12.5 Å². The standard InChI is InChI=1S/C31H34F4N6O7S/c1-17(14-36-15-42)26(48-31(2,3)4)29(43)46-16-41-28-24(25(40-41)20-12-18(32)6-8-21(20)34)27(37-10-11-49(5,44)45)38-30(39-28)47-23-9-7-19(33)13-22(23)35/h6-9,12-13,15,17,26H,10-11,14,16H2,1-5H3,(H,36,42)(H,37,38,39). The molecule has 2 aromatic heterocycles. The van der Waals surface area contributed by atoms with Crippen molar-refractivity contribution in [1.29, 1.82) is 0 Å². The highest BCUT2D eigenvalue weighted by Gasteiger charge is 2.32. The van der Waals surface area contributed by atoms with Crippen LogP contribution in [0, 0.1) is 29.2 Å². The van der Waals surface area contributed by atoms with E-state index in [4.69, 9.17) is 14.2 Å². The summed E-state index contributed by atoms with van der Waals surface area (Å²) in [5, 5.41) is 9.57. The number of hydrogen-bond donors (Lipinski definition) is 2. The third-order valence-corrected chi connectivity index (χ3v) is 7.64. The van der Waals surface area contributed by atoms with E-state index in [9.17, 15) is 31.2 Å². The monoisotopic (exact) mass is 710 g/mol. The topological polar surface area (TPSA) is 164 Å². The number of fused-ring (bicyclic) bond motifs is 1. The summed E-state index contributed by atoms with van der Waals surface area (Å²) in [6, 6.07) is 4.55. The first-order chi connectivity index (χ1) is 23.0. The molecule has 264 valence electrons. The summed E-state index contributed by atoms with van der Waals surface area (Å²) in [5.74, 6) is -6.12. The average Bonchev–Trinajstić information content (AvgIpc) is 3.37. The molecule has 2 aromatic carbocycles. The van der Waals surface area contributed by atoms with Crippen LogP contribution in [-0.4, -0.2) is 77.3 Å². The summed E-state index contributed by atoms with van der Waals surface area (Å²) in [4.78, 5) is 32.7. The molecule has 2 atom stereocenters. The van der Waals surface area contributed by atoms with Crippen molar-refractivity contribution in [2.45, 2.75) is 46.1 Å². The van der Waals surface area contributed by atoms with E-state index >= 15 is 4.39 Å². The van der Waals surface area contributed by atoms with Crippen molar-refractivity contribution >= 4 is 39.1 Å². The number of benzene rings is 2. The lowest BCUT2D eigenvalue weighted by Crippen LogP contribution is -2.42. The summed E-state index contributed by atoms with van der Waals surface area (Å²) in [6.07, 6.45) is 0.304. The minimum absolute atomic E-state index is 0.0629.